The Morgan fingerprint density at radius 2 is 1.92 bits per heavy atom. The van der Waals surface area contributed by atoms with Crippen molar-refractivity contribution >= 4 is 17.5 Å². The van der Waals surface area contributed by atoms with Gasteiger partial charge in [0.15, 0.2) is 11.6 Å². The number of nitrogens with zero attached hydrogens (tertiary/aromatic N) is 3. The molecule has 3 heterocycles. The molecule has 134 valence electrons. The first kappa shape index (κ1) is 16.5. The Morgan fingerprint density at radius 1 is 1.08 bits per heavy atom. The number of hydrogen-bond donors (Lipinski definition) is 2. The standard InChI is InChI=1S/C19H21N5O2/c1-13-10-18(24-26-13)21-17-11-16(20-12-15-8-5-9-25-15)22-19(23-17)14-6-3-2-4-7-14/h2-4,6-7,10-11,15H,5,8-9,12H2,1H3,(H2,20,21,22,23,24). The van der Waals surface area contributed by atoms with Crippen molar-refractivity contribution in [3.8, 4) is 11.4 Å². The number of nitrogens with one attached hydrogen (secondary N) is 2. The summed E-state index contributed by atoms with van der Waals surface area (Å²) >= 11 is 0. The molecule has 26 heavy (non-hydrogen) atoms. The summed E-state index contributed by atoms with van der Waals surface area (Å²) in [5.41, 5.74) is 0.952. The third-order valence-corrected chi connectivity index (χ3v) is 4.18. The lowest BCUT2D eigenvalue weighted by Gasteiger charge is -2.13. The van der Waals surface area contributed by atoms with Crippen LogP contribution in [-0.2, 0) is 4.74 Å². The highest BCUT2D eigenvalue weighted by Crippen LogP contribution is 2.23. The van der Waals surface area contributed by atoms with Gasteiger partial charge in [0.05, 0.1) is 6.10 Å². The van der Waals surface area contributed by atoms with E-state index in [2.05, 4.69) is 25.8 Å². The van der Waals surface area contributed by atoms with E-state index in [4.69, 9.17) is 9.26 Å². The molecule has 1 aliphatic rings. The van der Waals surface area contributed by atoms with E-state index in [-0.39, 0.29) is 6.10 Å². The average molecular weight is 351 g/mol. The van der Waals surface area contributed by atoms with E-state index in [1.165, 1.54) is 0 Å². The SMILES string of the molecule is Cc1cc(Nc2cc(NCC3CCCO3)nc(-c3ccccc3)n2)no1. The predicted molar refractivity (Wildman–Crippen MR) is 99.5 cm³/mol. The molecule has 2 aromatic heterocycles. The lowest BCUT2D eigenvalue weighted by atomic mass is 10.2. The van der Waals surface area contributed by atoms with Gasteiger partial charge in [0.1, 0.15) is 17.4 Å². The quantitative estimate of drug-likeness (QED) is 0.699. The van der Waals surface area contributed by atoms with Gasteiger partial charge in [-0.15, -0.1) is 0 Å². The molecule has 1 saturated heterocycles. The normalized spacial score (nSPS) is 16.6. The molecule has 0 amide bonds. The molecule has 1 atom stereocenters. The Kier molecular flexibility index (Phi) is 4.79. The maximum Gasteiger partial charge on any atom is 0.175 e. The largest absolute Gasteiger partial charge is 0.376 e. The zero-order chi connectivity index (χ0) is 17.8. The summed E-state index contributed by atoms with van der Waals surface area (Å²) in [6.45, 7) is 3.42. The zero-order valence-electron chi connectivity index (χ0n) is 14.6. The van der Waals surface area contributed by atoms with E-state index in [9.17, 15) is 0 Å². The molecule has 1 aromatic carbocycles. The third kappa shape index (κ3) is 4.00. The number of ether oxygens (including phenoxy) is 1. The minimum atomic E-state index is 0.236. The van der Waals surface area contributed by atoms with Crippen LogP contribution in [-0.4, -0.2) is 34.4 Å². The van der Waals surface area contributed by atoms with Crippen molar-refractivity contribution in [2.45, 2.75) is 25.9 Å². The van der Waals surface area contributed by atoms with Crippen LogP contribution in [0.5, 0.6) is 0 Å². The van der Waals surface area contributed by atoms with Gasteiger partial charge in [-0.1, -0.05) is 35.5 Å². The molecule has 7 heteroatoms. The van der Waals surface area contributed by atoms with Gasteiger partial charge in [-0.25, -0.2) is 9.97 Å². The Hall–Kier alpha value is -2.93. The highest BCUT2D eigenvalue weighted by molar-refractivity contribution is 5.63. The summed E-state index contributed by atoms with van der Waals surface area (Å²) in [6, 6.07) is 13.6. The summed E-state index contributed by atoms with van der Waals surface area (Å²) in [6.07, 6.45) is 2.43. The van der Waals surface area contributed by atoms with Crippen molar-refractivity contribution in [2.24, 2.45) is 0 Å². The monoisotopic (exact) mass is 351 g/mol. The summed E-state index contributed by atoms with van der Waals surface area (Å²) in [4.78, 5) is 9.26. The Bertz CT molecular complexity index is 859. The maximum atomic E-state index is 5.67. The van der Waals surface area contributed by atoms with Crippen LogP contribution >= 0.6 is 0 Å². The highest BCUT2D eigenvalue weighted by atomic mass is 16.5. The summed E-state index contributed by atoms with van der Waals surface area (Å²) in [5, 5.41) is 10.5. The topological polar surface area (TPSA) is 85.1 Å². The van der Waals surface area contributed by atoms with Gasteiger partial charge < -0.3 is 19.9 Å². The lowest BCUT2D eigenvalue weighted by molar-refractivity contribution is 0.120. The summed E-state index contributed by atoms with van der Waals surface area (Å²) < 4.78 is 10.8. The van der Waals surface area contributed by atoms with Gasteiger partial charge in [-0.3, -0.25) is 0 Å². The van der Waals surface area contributed by atoms with Crippen LogP contribution in [0.3, 0.4) is 0 Å². The Morgan fingerprint density at radius 3 is 2.65 bits per heavy atom. The van der Waals surface area contributed by atoms with E-state index in [1.807, 2.05) is 49.4 Å². The van der Waals surface area contributed by atoms with Crippen LogP contribution in [0, 0.1) is 6.92 Å². The number of aryl methyl sites for hydroxylation is 1. The van der Waals surface area contributed by atoms with E-state index in [0.717, 1.165) is 43.1 Å². The molecule has 2 N–H and O–H groups in total. The zero-order valence-corrected chi connectivity index (χ0v) is 14.6. The molecule has 4 rings (SSSR count). The molecule has 3 aromatic rings. The van der Waals surface area contributed by atoms with E-state index >= 15 is 0 Å². The lowest BCUT2D eigenvalue weighted by Crippen LogP contribution is -2.19. The van der Waals surface area contributed by atoms with Crippen molar-refractivity contribution < 1.29 is 9.26 Å². The molecule has 7 nitrogen and oxygen atoms in total. The molecule has 0 aliphatic carbocycles. The maximum absolute atomic E-state index is 5.67. The van der Waals surface area contributed by atoms with E-state index in [0.29, 0.717) is 17.5 Å². The second-order valence-corrected chi connectivity index (χ2v) is 6.29. The van der Waals surface area contributed by atoms with Gasteiger partial charge in [0.2, 0.25) is 0 Å². The molecule has 1 aliphatic heterocycles. The fourth-order valence-corrected chi connectivity index (χ4v) is 2.90. The number of anilines is 3. The fraction of sp³-hybridized carbons (Fsp3) is 0.316. The van der Waals surface area contributed by atoms with Gasteiger partial charge >= 0.3 is 0 Å². The van der Waals surface area contributed by atoms with Crippen molar-refractivity contribution in [2.75, 3.05) is 23.8 Å². The molecule has 0 spiro atoms. The first-order valence-electron chi connectivity index (χ1n) is 8.76. The number of rotatable bonds is 6. The second kappa shape index (κ2) is 7.53. The van der Waals surface area contributed by atoms with Crippen molar-refractivity contribution in [3.63, 3.8) is 0 Å². The van der Waals surface area contributed by atoms with Crippen molar-refractivity contribution in [1.82, 2.24) is 15.1 Å². The van der Waals surface area contributed by atoms with Crippen molar-refractivity contribution in [1.29, 1.82) is 0 Å². The van der Waals surface area contributed by atoms with Crippen LogP contribution in [0.2, 0.25) is 0 Å². The van der Waals surface area contributed by atoms with E-state index in [1.54, 1.807) is 0 Å². The number of benzene rings is 1. The molecular formula is C19H21N5O2. The molecule has 1 fully saturated rings. The first-order chi connectivity index (χ1) is 12.8. The molecular weight excluding hydrogens is 330 g/mol. The third-order valence-electron chi connectivity index (χ3n) is 4.18. The van der Waals surface area contributed by atoms with E-state index < -0.39 is 0 Å². The van der Waals surface area contributed by atoms with Gasteiger partial charge in [-0.2, -0.15) is 0 Å². The van der Waals surface area contributed by atoms with Crippen LogP contribution in [0.1, 0.15) is 18.6 Å². The Balaban J connectivity index is 1.60. The van der Waals surface area contributed by atoms with Gasteiger partial charge in [0.25, 0.3) is 0 Å². The molecule has 1 unspecified atom stereocenters. The Labute approximate surface area is 151 Å². The van der Waals surface area contributed by atoms with Crippen LogP contribution in [0.15, 0.2) is 47.0 Å². The van der Waals surface area contributed by atoms with Crippen LogP contribution in [0.4, 0.5) is 17.5 Å². The van der Waals surface area contributed by atoms with Gasteiger partial charge in [-0.05, 0) is 19.8 Å². The predicted octanol–water partition coefficient (Wildman–Crippen LogP) is 3.77. The van der Waals surface area contributed by atoms with Crippen molar-refractivity contribution in [3.05, 3.63) is 48.2 Å². The summed E-state index contributed by atoms with van der Waals surface area (Å²) in [5.74, 6) is 3.40. The van der Waals surface area contributed by atoms with Crippen LogP contribution < -0.4 is 10.6 Å². The molecule has 0 radical (unpaired) electrons. The molecule has 0 bridgehead atoms. The first-order valence-corrected chi connectivity index (χ1v) is 8.76. The smallest absolute Gasteiger partial charge is 0.175 e. The molecule has 0 saturated carbocycles. The fourth-order valence-electron chi connectivity index (χ4n) is 2.90. The van der Waals surface area contributed by atoms with Gasteiger partial charge in [0, 0.05) is 30.8 Å². The van der Waals surface area contributed by atoms with Crippen LogP contribution in [0.25, 0.3) is 11.4 Å². The second-order valence-electron chi connectivity index (χ2n) is 6.29. The average Bonchev–Trinajstić information content (AvgIpc) is 3.32. The minimum absolute atomic E-state index is 0.236. The minimum Gasteiger partial charge on any atom is -0.376 e. The highest BCUT2D eigenvalue weighted by Gasteiger charge is 2.16. The number of aromatic nitrogens is 3. The summed E-state index contributed by atoms with van der Waals surface area (Å²) in [7, 11) is 0. The number of hydrogen-bond acceptors (Lipinski definition) is 7.